The van der Waals surface area contributed by atoms with E-state index in [1.54, 1.807) is 14.2 Å². The second-order valence-electron chi connectivity index (χ2n) is 12.8. The number of nitrogens with one attached hydrogen (secondary N) is 1. The fraction of sp³-hybridized carbons (Fsp3) is 0.543. The van der Waals surface area contributed by atoms with Gasteiger partial charge in [0.25, 0.3) is 0 Å². The maximum Gasteiger partial charge on any atom is 0.407 e. The van der Waals surface area contributed by atoms with Crippen LogP contribution in [0.2, 0.25) is 0 Å². The molecule has 1 N–H and O–H groups in total. The number of benzene rings is 1. The minimum absolute atomic E-state index is 0.0800. The van der Waals surface area contributed by atoms with Crippen molar-refractivity contribution in [3.05, 3.63) is 60.2 Å². The molecule has 0 atom stereocenters. The van der Waals surface area contributed by atoms with Gasteiger partial charge in [-0.2, -0.15) is 5.10 Å². The van der Waals surface area contributed by atoms with Gasteiger partial charge in [-0.25, -0.2) is 4.79 Å². The number of nitrogens with zero attached hydrogens (tertiary/aromatic N) is 4. The molecule has 3 aliphatic rings. The molecule has 9 heteroatoms. The molecule has 0 aliphatic heterocycles. The summed E-state index contributed by atoms with van der Waals surface area (Å²) in [6.45, 7) is 2.71. The van der Waals surface area contributed by atoms with Crippen LogP contribution in [0.15, 0.2) is 48.8 Å². The molecular formula is C35H45N5O4. The summed E-state index contributed by atoms with van der Waals surface area (Å²) in [5.74, 6) is 1.78. The number of rotatable bonds is 9. The number of pyridine rings is 1. The normalized spacial score (nSPS) is 23.5. The van der Waals surface area contributed by atoms with E-state index < -0.39 is 6.09 Å². The van der Waals surface area contributed by atoms with Crippen molar-refractivity contribution in [1.29, 1.82) is 0 Å². The summed E-state index contributed by atoms with van der Waals surface area (Å²) in [4.78, 5) is 32.9. The summed E-state index contributed by atoms with van der Waals surface area (Å²) in [6.07, 6.45) is 13.0. The van der Waals surface area contributed by atoms with Gasteiger partial charge in [0.2, 0.25) is 5.91 Å². The summed E-state index contributed by atoms with van der Waals surface area (Å²) in [6, 6.07) is 13.1. The molecule has 0 spiro atoms. The van der Waals surface area contributed by atoms with E-state index in [2.05, 4.69) is 56.5 Å². The lowest BCUT2D eigenvalue weighted by molar-refractivity contribution is -0.124. The number of amides is 2. The van der Waals surface area contributed by atoms with Crippen LogP contribution in [-0.4, -0.2) is 53.6 Å². The third-order valence-corrected chi connectivity index (χ3v) is 9.77. The molecule has 3 aromatic rings. The third-order valence-electron chi connectivity index (χ3n) is 9.77. The molecule has 0 bridgehead atoms. The predicted octanol–water partition coefficient (Wildman–Crippen LogP) is 6.82. The van der Waals surface area contributed by atoms with Crippen LogP contribution < -0.4 is 15.0 Å². The van der Waals surface area contributed by atoms with E-state index in [0.717, 1.165) is 72.5 Å². The van der Waals surface area contributed by atoms with E-state index in [-0.39, 0.29) is 17.9 Å². The minimum atomic E-state index is -0.404. The van der Waals surface area contributed by atoms with Gasteiger partial charge in [-0.3, -0.25) is 14.5 Å². The van der Waals surface area contributed by atoms with Gasteiger partial charge in [0.1, 0.15) is 11.9 Å². The first-order valence-corrected chi connectivity index (χ1v) is 16.3. The van der Waals surface area contributed by atoms with Gasteiger partial charge in [0.15, 0.2) is 0 Å². The number of carbonyl (C=O) groups is 2. The molecule has 3 aliphatic carbocycles. The predicted molar refractivity (Wildman–Crippen MR) is 170 cm³/mol. The van der Waals surface area contributed by atoms with Crippen LogP contribution in [0.4, 0.5) is 10.5 Å². The van der Waals surface area contributed by atoms with E-state index >= 15 is 0 Å². The van der Waals surface area contributed by atoms with E-state index in [0.29, 0.717) is 37.3 Å². The van der Waals surface area contributed by atoms with Gasteiger partial charge in [0, 0.05) is 48.6 Å². The summed E-state index contributed by atoms with van der Waals surface area (Å²) in [7, 11) is 3.26. The number of ether oxygens (including phenoxy) is 2. The molecule has 0 radical (unpaired) electrons. The molecular weight excluding hydrogens is 554 g/mol. The molecule has 1 aromatic carbocycles. The standard InChI is InChI=1S/C35H45N5O4/c1-23-33(43-3)18-17-32(38-23)25-9-7-24(8-10-25)21-39(34(41)26-11-15-31(16-12-26)44-35(42)36-2)30-6-4-5-27(19-30)28-20-37-40(22-28)29-13-14-29/h4-6,17-20,22,24-26,29,31H,7-16,21H2,1-3H3,(H,36,42). The molecule has 44 heavy (non-hydrogen) atoms. The van der Waals surface area contributed by atoms with Crippen molar-refractivity contribution in [2.45, 2.75) is 89.2 Å². The van der Waals surface area contributed by atoms with Crippen LogP contribution >= 0.6 is 0 Å². The van der Waals surface area contributed by atoms with Gasteiger partial charge in [-0.05, 0) is 107 Å². The van der Waals surface area contributed by atoms with E-state index in [1.165, 1.54) is 12.8 Å². The Kier molecular flexibility index (Phi) is 9.19. The molecule has 2 amide bonds. The number of aromatic nitrogens is 3. The van der Waals surface area contributed by atoms with Crippen LogP contribution in [-0.2, 0) is 9.53 Å². The zero-order valence-electron chi connectivity index (χ0n) is 26.2. The lowest BCUT2D eigenvalue weighted by Gasteiger charge is -2.36. The highest BCUT2D eigenvalue weighted by Crippen LogP contribution is 2.39. The van der Waals surface area contributed by atoms with E-state index in [1.807, 2.05) is 19.2 Å². The van der Waals surface area contributed by atoms with Crippen molar-refractivity contribution >= 4 is 17.7 Å². The Balaban J connectivity index is 1.17. The Morgan fingerprint density at radius 2 is 1.75 bits per heavy atom. The Morgan fingerprint density at radius 1 is 0.977 bits per heavy atom. The summed E-state index contributed by atoms with van der Waals surface area (Å²) in [5.41, 5.74) is 5.19. The largest absolute Gasteiger partial charge is 0.495 e. The highest BCUT2D eigenvalue weighted by atomic mass is 16.6. The third kappa shape index (κ3) is 6.92. The lowest BCUT2D eigenvalue weighted by Crippen LogP contribution is -2.42. The fourth-order valence-electron chi connectivity index (χ4n) is 6.97. The quantitative estimate of drug-likeness (QED) is 0.290. The maximum atomic E-state index is 14.3. The summed E-state index contributed by atoms with van der Waals surface area (Å²) in [5, 5.41) is 7.13. The molecule has 234 valence electrons. The van der Waals surface area contributed by atoms with Gasteiger partial charge >= 0.3 is 6.09 Å². The fourth-order valence-corrected chi connectivity index (χ4v) is 6.97. The van der Waals surface area contributed by atoms with Crippen LogP contribution in [0.1, 0.15) is 87.6 Å². The van der Waals surface area contributed by atoms with Crippen molar-refractivity contribution in [3.63, 3.8) is 0 Å². The average molecular weight is 600 g/mol. The number of methoxy groups -OCH3 is 1. The average Bonchev–Trinajstić information content (AvgIpc) is 3.79. The van der Waals surface area contributed by atoms with E-state index in [4.69, 9.17) is 14.5 Å². The number of carbonyl (C=O) groups excluding carboxylic acids is 2. The lowest BCUT2D eigenvalue weighted by atomic mass is 9.79. The first kappa shape index (κ1) is 30.2. The highest BCUT2D eigenvalue weighted by Gasteiger charge is 2.34. The Labute approximate surface area is 260 Å². The molecule has 3 saturated carbocycles. The summed E-state index contributed by atoms with van der Waals surface area (Å²) >= 11 is 0. The number of alkyl carbamates (subject to hydrolysis) is 1. The van der Waals surface area contributed by atoms with Crippen molar-refractivity contribution in [3.8, 4) is 16.9 Å². The van der Waals surface area contributed by atoms with Gasteiger partial charge in [0.05, 0.1) is 25.0 Å². The Hall–Kier alpha value is -3.88. The van der Waals surface area contributed by atoms with Crippen LogP contribution in [0.3, 0.4) is 0 Å². The monoisotopic (exact) mass is 599 g/mol. The zero-order valence-corrected chi connectivity index (χ0v) is 26.2. The number of anilines is 1. The van der Waals surface area contributed by atoms with Crippen LogP contribution in [0.25, 0.3) is 11.1 Å². The SMILES string of the molecule is CNC(=O)OC1CCC(C(=O)N(CC2CCC(c3ccc(OC)c(C)n3)CC2)c2cccc(-c3cnn(C4CC4)c3)c2)CC1. The number of hydrogen-bond donors (Lipinski definition) is 1. The van der Waals surface area contributed by atoms with Crippen molar-refractivity contribution in [2.75, 3.05) is 25.6 Å². The topological polar surface area (TPSA) is 98.6 Å². The van der Waals surface area contributed by atoms with Crippen LogP contribution in [0, 0.1) is 18.8 Å². The zero-order chi connectivity index (χ0) is 30.6. The van der Waals surface area contributed by atoms with Crippen molar-refractivity contribution in [1.82, 2.24) is 20.1 Å². The smallest absolute Gasteiger partial charge is 0.407 e. The van der Waals surface area contributed by atoms with Crippen LogP contribution in [0.5, 0.6) is 5.75 Å². The number of aryl methyl sites for hydroxylation is 1. The second kappa shape index (κ2) is 13.4. The Bertz CT molecular complexity index is 1450. The second-order valence-corrected chi connectivity index (χ2v) is 12.8. The van der Waals surface area contributed by atoms with E-state index in [9.17, 15) is 9.59 Å². The maximum absolute atomic E-state index is 14.3. The van der Waals surface area contributed by atoms with Gasteiger partial charge in [-0.1, -0.05) is 12.1 Å². The Morgan fingerprint density at radius 3 is 2.43 bits per heavy atom. The molecule has 3 fully saturated rings. The summed E-state index contributed by atoms with van der Waals surface area (Å²) < 4.78 is 13.0. The molecule has 0 unspecified atom stereocenters. The number of hydrogen-bond acceptors (Lipinski definition) is 6. The molecule has 0 saturated heterocycles. The molecule has 2 aromatic heterocycles. The van der Waals surface area contributed by atoms with Gasteiger partial charge < -0.3 is 19.7 Å². The van der Waals surface area contributed by atoms with Gasteiger partial charge in [-0.15, -0.1) is 0 Å². The minimum Gasteiger partial charge on any atom is -0.495 e. The molecule has 9 nitrogen and oxygen atoms in total. The first-order chi connectivity index (χ1) is 21.4. The highest BCUT2D eigenvalue weighted by molar-refractivity contribution is 5.95. The molecule has 2 heterocycles. The van der Waals surface area contributed by atoms with Crippen molar-refractivity contribution in [2.24, 2.45) is 11.8 Å². The van der Waals surface area contributed by atoms with Crippen molar-refractivity contribution < 1.29 is 19.1 Å². The molecule has 6 rings (SSSR count). The first-order valence-electron chi connectivity index (χ1n) is 16.3.